The zero-order valence-corrected chi connectivity index (χ0v) is 17.7. The van der Waals surface area contributed by atoms with Gasteiger partial charge in [0, 0.05) is 32.5 Å². The van der Waals surface area contributed by atoms with Gasteiger partial charge >= 0.3 is 0 Å². The van der Waals surface area contributed by atoms with Gasteiger partial charge < -0.3 is 19.6 Å². The molecule has 1 aromatic carbocycles. The molecule has 0 aliphatic carbocycles. The average Bonchev–Trinajstić information content (AvgIpc) is 2.66. The SMILES string of the molecule is COc1cccc(Cc2nc3c(c(=O)[nH]2)CN(C[C@@H](O)COC(C)(C)C)CC3)c1. The first-order chi connectivity index (χ1) is 13.7. The van der Waals surface area contributed by atoms with E-state index in [1.165, 1.54) is 0 Å². The maximum atomic E-state index is 12.7. The van der Waals surface area contributed by atoms with Gasteiger partial charge in [-0.05, 0) is 38.5 Å². The van der Waals surface area contributed by atoms with Crippen molar-refractivity contribution in [1.29, 1.82) is 0 Å². The molecule has 0 unspecified atom stereocenters. The number of ether oxygens (including phenoxy) is 2. The maximum absolute atomic E-state index is 12.7. The number of aliphatic hydroxyl groups excluding tert-OH is 1. The summed E-state index contributed by atoms with van der Waals surface area (Å²) < 4.78 is 10.9. The number of benzene rings is 1. The molecular weight excluding hydrogens is 370 g/mol. The predicted octanol–water partition coefficient (Wildman–Crippen LogP) is 1.90. The highest BCUT2D eigenvalue weighted by molar-refractivity contribution is 5.31. The van der Waals surface area contributed by atoms with Crippen molar-refractivity contribution < 1.29 is 14.6 Å². The van der Waals surface area contributed by atoms with Gasteiger partial charge in [0.1, 0.15) is 11.6 Å². The molecule has 7 heteroatoms. The minimum absolute atomic E-state index is 0.0990. The normalized spacial score (nSPS) is 15.8. The van der Waals surface area contributed by atoms with E-state index >= 15 is 0 Å². The highest BCUT2D eigenvalue weighted by Gasteiger charge is 2.23. The van der Waals surface area contributed by atoms with E-state index in [0.717, 1.165) is 23.6 Å². The molecule has 0 saturated heterocycles. The lowest BCUT2D eigenvalue weighted by Crippen LogP contribution is -2.42. The van der Waals surface area contributed by atoms with Crippen molar-refractivity contribution in [2.24, 2.45) is 0 Å². The van der Waals surface area contributed by atoms with Crippen molar-refractivity contribution in [3.05, 3.63) is 57.3 Å². The molecule has 0 saturated carbocycles. The lowest BCUT2D eigenvalue weighted by atomic mass is 10.1. The van der Waals surface area contributed by atoms with Crippen LogP contribution in [0.2, 0.25) is 0 Å². The quantitative estimate of drug-likeness (QED) is 0.737. The molecular formula is C22H31N3O4. The van der Waals surface area contributed by atoms with Gasteiger partial charge in [-0.1, -0.05) is 12.1 Å². The fourth-order valence-corrected chi connectivity index (χ4v) is 3.44. The first kappa shape index (κ1) is 21.5. The fraction of sp³-hybridized carbons (Fsp3) is 0.545. The number of H-pyrrole nitrogens is 1. The van der Waals surface area contributed by atoms with Crippen molar-refractivity contribution >= 4 is 0 Å². The third kappa shape index (κ3) is 6.13. The second-order valence-corrected chi connectivity index (χ2v) is 8.53. The number of aromatic nitrogens is 2. The molecule has 1 atom stereocenters. The van der Waals surface area contributed by atoms with Crippen LogP contribution >= 0.6 is 0 Å². The van der Waals surface area contributed by atoms with E-state index in [1.54, 1.807) is 7.11 Å². The maximum Gasteiger partial charge on any atom is 0.255 e. The summed E-state index contributed by atoms with van der Waals surface area (Å²) in [5.41, 5.74) is 2.19. The van der Waals surface area contributed by atoms with E-state index in [2.05, 4.69) is 9.88 Å². The molecule has 2 heterocycles. The van der Waals surface area contributed by atoms with Gasteiger partial charge in [0.05, 0.1) is 36.7 Å². The fourth-order valence-electron chi connectivity index (χ4n) is 3.44. The molecule has 0 bridgehead atoms. The van der Waals surface area contributed by atoms with Crippen molar-refractivity contribution in [1.82, 2.24) is 14.9 Å². The van der Waals surface area contributed by atoms with Crippen LogP contribution in [0.1, 0.15) is 43.4 Å². The van der Waals surface area contributed by atoms with Crippen molar-refractivity contribution in [2.75, 3.05) is 26.8 Å². The molecule has 0 fully saturated rings. The zero-order chi connectivity index (χ0) is 21.0. The Hall–Kier alpha value is -2.22. The van der Waals surface area contributed by atoms with Crippen LogP contribution in [0.25, 0.3) is 0 Å². The minimum atomic E-state index is -0.588. The highest BCUT2D eigenvalue weighted by atomic mass is 16.5. The molecule has 0 radical (unpaired) electrons. The van der Waals surface area contributed by atoms with Crippen molar-refractivity contribution in [3.8, 4) is 5.75 Å². The van der Waals surface area contributed by atoms with E-state index in [0.29, 0.717) is 37.3 Å². The topological polar surface area (TPSA) is 87.7 Å². The number of methoxy groups -OCH3 is 1. The Morgan fingerprint density at radius 1 is 1.34 bits per heavy atom. The van der Waals surface area contributed by atoms with Crippen LogP contribution in [0, 0.1) is 0 Å². The van der Waals surface area contributed by atoms with Crippen molar-refractivity contribution in [3.63, 3.8) is 0 Å². The first-order valence-corrected chi connectivity index (χ1v) is 10.0. The number of rotatable bonds is 7. The summed E-state index contributed by atoms with van der Waals surface area (Å²) in [5, 5.41) is 10.3. The molecule has 2 N–H and O–H groups in total. The van der Waals surface area contributed by atoms with E-state index in [4.69, 9.17) is 14.5 Å². The molecule has 1 aromatic heterocycles. The minimum Gasteiger partial charge on any atom is -0.497 e. The van der Waals surface area contributed by atoms with Gasteiger partial charge in [-0.2, -0.15) is 0 Å². The first-order valence-electron chi connectivity index (χ1n) is 10.0. The monoisotopic (exact) mass is 401 g/mol. The number of aromatic amines is 1. The Balaban J connectivity index is 1.65. The average molecular weight is 402 g/mol. The summed E-state index contributed by atoms with van der Waals surface area (Å²) >= 11 is 0. The summed E-state index contributed by atoms with van der Waals surface area (Å²) in [7, 11) is 1.63. The summed E-state index contributed by atoms with van der Waals surface area (Å²) in [6, 6.07) is 7.76. The van der Waals surface area contributed by atoms with E-state index in [1.807, 2.05) is 45.0 Å². The number of nitrogens with one attached hydrogen (secondary N) is 1. The Morgan fingerprint density at radius 3 is 2.86 bits per heavy atom. The molecule has 2 aromatic rings. The van der Waals surface area contributed by atoms with Gasteiger partial charge in [-0.25, -0.2) is 4.98 Å². The molecule has 0 amide bonds. The van der Waals surface area contributed by atoms with Gasteiger partial charge in [0.15, 0.2) is 0 Å². The number of hydrogen-bond donors (Lipinski definition) is 2. The predicted molar refractivity (Wildman–Crippen MR) is 111 cm³/mol. The summed E-state index contributed by atoms with van der Waals surface area (Å²) in [6.07, 6.45) is 0.652. The number of fused-ring (bicyclic) bond motifs is 1. The van der Waals surface area contributed by atoms with Crippen LogP contribution in [0.5, 0.6) is 5.75 Å². The smallest absolute Gasteiger partial charge is 0.255 e. The van der Waals surface area contributed by atoms with Gasteiger partial charge in [0.25, 0.3) is 5.56 Å². The molecule has 1 aliphatic heterocycles. The third-order valence-electron chi connectivity index (χ3n) is 4.88. The molecule has 7 nitrogen and oxygen atoms in total. The van der Waals surface area contributed by atoms with E-state index in [9.17, 15) is 9.90 Å². The van der Waals surface area contributed by atoms with Crippen LogP contribution in [-0.4, -0.2) is 58.5 Å². The molecule has 1 aliphatic rings. The van der Waals surface area contributed by atoms with Gasteiger partial charge in [0.2, 0.25) is 0 Å². The van der Waals surface area contributed by atoms with Crippen molar-refractivity contribution in [2.45, 2.75) is 51.9 Å². The van der Waals surface area contributed by atoms with Crippen LogP contribution in [0.15, 0.2) is 29.1 Å². The number of aliphatic hydroxyl groups is 1. The standard InChI is InChI=1S/C22H31N3O4/c1-22(2,3)29-14-16(26)12-25-9-8-19-18(13-25)21(27)24-20(23-19)11-15-6-5-7-17(10-15)28-4/h5-7,10,16,26H,8-9,11-14H2,1-4H3,(H,23,24,27)/t16-/m1/s1. The summed E-state index contributed by atoms with van der Waals surface area (Å²) in [5.74, 6) is 1.45. The Kier molecular flexibility index (Phi) is 6.72. The van der Waals surface area contributed by atoms with Crippen LogP contribution in [0.3, 0.4) is 0 Å². The molecule has 158 valence electrons. The molecule has 29 heavy (non-hydrogen) atoms. The number of β-amino-alcohol motifs (C(OH)–C–C–N with tert-alkyl or cyclic N) is 1. The molecule has 0 spiro atoms. The second kappa shape index (κ2) is 9.07. The Morgan fingerprint density at radius 2 is 2.14 bits per heavy atom. The Labute approximate surface area is 171 Å². The zero-order valence-electron chi connectivity index (χ0n) is 17.7. The van der Waals surface area contributed by atoms with Gasteiger partial charge in [-0.15, -0.1) is 0 Å². The lowest BCUT2D eigenvalue weighted by Gasteiger charge is -2.30. The Bertz CT molecular complexity index is 888. The lowest BCUT2D eigenvalue weighted by molar-refractivity contribution is -0.0570. The highest BCUT2D eigenvalue weighted by Crippen LogP contribution is 2.17. The summed E-state index contributed by atoms with van der Waals surface area (Å²) in [6.45, 7) is 7.89. The largest absolute Gasteiger partial charge is 0.497 e. The summed E-state index contributed by atoms with van der Waals surface area (Å²) in [4.78, 5) is 22.3. The van der Waals surface area contributed by atoms with Crippen LogP contribution in [-0.2, 0) is 24.1 Å². The van der Waals surface area contributed by atoms with Crippen LogP contribution in [0.4, 0.5) is 0 Å². The van der Waals surface area contributed by atoms with Gasteiger partial charge in [-0.3, -0.25) is 9.69 Å². The number of nitrogens with zero attached hydrogens (tertiary/aromatic N) is 2. The number of hydrogen-bond acceptors (Lipinski definition) is 6. The molecule has 3 rings (SSSR count). The van der Waals surface area contributed by atoms with Crippen LogP contribution < -0.4 is 10.3 Å². The van der Waals surface area contributed by atoms with E-state index < -0.39 is 6.10 Å². The third-order valence-corrected chi connectivity index (χ3v) is 4.88. The van der Waals surface area contributed by atoms with E-state index in [-0.39, 0.29) is 17.8 Å². The second-order valence-electron chi connectivity index (χ2n) is 8.53.